The molecule has 0 radical (unpaired) electrons. The Hall–Kier alpha value is -0.610. The van der Waals surface area contributed by atoms with Gasteiger partial charge < -0.3 is 10.0 Å². The summed E-state index contributed by atoms with van der Waals surface area (Å²) in [4.78, 5) is 8.12. The summed E-state index contributed by atoms with van der Waals surface area (Å²) in [6.07, 6.45) is 4.57. The molecule has 0 bridgehead atoms. The normalized spacial score (nSPS) is 16.8. The monoisotopic (exact) mass is 254 g/mol. The van der Waals surface area contributed by atoms with Crippen LogP contribution in [-0.4, -0.2) is 23.2 Å². The summed E-state index contributed by atoms with van der Waals surface area (Å²) in [5.41, 5.74) is 0.326. The van der Waals surface area contributed by atoms with Crippen molar-refractivity contribution in [2.75, 3.05) is 18.0 Å². The molecule has 0 amide bonds. The lowest BCUT2D eigenvalue weighted by Gasteiger charge is -2.16. The van der Waals surface area contributed by atoms with Gasteiger partial charge in [-0.25, -0.2) is 4.98 Å². The quantitative estimate of drug-likeness (QED) is 0.897. The van der Waals surface area contributed by atoms with Crippen LogP contribution in [0.15, 0.2) is 0 Å². The van der Waals surface area contributed by atoms with Crippen LogP contribution < -0.4 is 4.90 Å². The number of anilines is 1. The van der Waals surface area contributed by atoms with Gasteiger partial charge in [-0.15, -0.1) is 0 Å². The van der Waals surface area contributed by atoms with E-state index >= 15 is 0 Å². The second-order valence-electron chi connectivity index (χ2n) is 5.28. The van der Waals surface area contributed by atoms with Crippen molar-refractivity contribution in [3.8, 4) is 0 Å². The third-order valence-corrected chi connectivity index (χ3v) is 4.58. The smallest absolute Gasteiger partial charge is 0.185 e. The third kappa shape index (κ3) is 2.80. The minimum Gasteiger partial charge on any atom is -0.385 e. The van der Waals surface area contributed by atoms with Crippen LogP contribution in [0.25, 0.3) is 0 Å². The summed E-state index contributed by atoms with van der Waals surface area (Å²) in [7, 11) is 0. The van der Waals surface area contributed by atoms with Gasteiger partial charge in [-0.2, -0.15) is 0 Å². The molecule has 0 unspecified atom stereocenters. The zero-order valence-corrected chi connectivity index (χ0v) is 11.8. The molecule has 4 heteroatoms. The molecule has 1 fully saturated rings. The van der Waals surface area contributed by atoms with Crippen molar-refractivity contribution in [2.24, 2.45) is 0 Å². The Morgan fingerprint density at radius 2 is 2.00 bits per heavy atom. The molecule has 0 aliphatic carbocycles. The first-order chi connectivity index (χ1) is 8.02. The number of aliphatic hydroxyl groups is 1. The lowest BCUT2D eigenvalue weighted by molar-refractivity contribution is 0.0813. The Balaban J connectivity index is 2.29. The molecular formula is C13H22N2OS. The summed E-state index contributed by atoms with van der Waals surface area (Å²) in [5, 5.41) is 11.3. The molecule has 0 atom stereocenters. The van der Waals surface area contributed by atoms with E-state index in [0.717, 1.165) is 41.6 Å². The maximum absolute atomic E-state index is 10.2. The van der Waals surface area contributed by atoms with Crippen LogP contribution in [0.1, 0.15) is 50.6 Å². The van der Waals surface area contributed by atoms with Crippen LogP contribution in [0.4, 0.5) is 5.13 Å². The van der Waals surface area contributed by atoms with Crippen LogP contribution in [0.2, 0.25) is 0 Å². The average molecular weight is 254 g/mol. The molecule has 0 spiro atoms. The molecule has 2 heterocycles. The van der Waals surface area contributed by atoms with Crippen molar-refractivity contribution in [3.63, 3.8) is 0 Å². The number of hydrogen-bond acceptors (Lipinski definition) is 4. The topological polar surface area (TPSA) is 36.4 Å². The summed E-state index contributed by atoms with van der Waals surface area (Å²) in [5.74, 6) is 0. The molecule has 1 aromatic heterocycles. The fraction of sp³-hybridized carbons (Fsp3) is 0.769. The van der Waals surface area contributed by atoms with Gasteiger partial charge >= 0.3 is 0 Å². The maximum atomic E-state index is 10.2. The van der Waals surface area contributed by atoms with Gasteiger partial charge in [-0.3, -0.25) is 0 Å². The van der Waals surface area contributed by atoms with E-state index in [1.54, 1.807) is 11.3 Å². The van der Waals surface area contributed by atoms with Gasteiger partial charge in [0, 0.05) is 13.1 Å². The number of hydrogen-bond donors (Lipinski definition) is 1. The third-order valence-electron chi connectivity index (χ3n) is 3.11. The van der Waals surface area contributed by atoms with E-state index < -0.39 is 5.60 Å². The summed E-state index contributed by atoms with van der Waals surface area (Å²) in [6.45, 7) is 8.10. The molecule has 96 valence electrons. The zero-order chi connectivity index (χ0) is 12.5. The van der Waals surface area contributed by atoms with Crippen LogP contribution in [0.3, 0.4) is 0 Å². The van der Waals surface area contributed by atoms with Crippen molar-refractivity contribution in [1.29, 1.82) is 0 Å². The van der Waals surface area contributed by atoms with Crippen LogP contribution in [0.5, 0.6) is 0 Å². The van der Waals surface area contributed by atoms with Gasteiger partial charge in [0.1, 0.15) is 0 Å². The molecule has 1 saturated heterocycles. The average Bonchev–Trinajstić information content (AvgIpc) is 2.82. The summed E-state index contributed by atoms with van der Waals surface area (Å²) >= 11 is 1.67. The molecule has 0 saturated carbocycles. The van der Waals surface area contributed by atoms with E-state index in [0.29, 0.717) is 0 Å². The van der Waals surface area contributed by atoms with Gasteiger partial charge in [-0.05, 0) is 33.1 Å². The van der Waals surface area contributed by atoms with E-state index in [9.17, 15) is 5.11 Å². The van der Waals surface area contributed by atoms with Gasteiger partial charge in [0.2, 0.25) is 0 Å². The van der Waals surface area contributed by atoms with Crippen molar-refractivity contribution < 1.29 is 5.11 Å². The van der Waals surface area contributed by atoms with Gasteiger partial charge in [0.25, 0.3) is 0 Å². The first-order valence-corrected chi connectivity index (χ1v) is 7.31. The second-order valence-corrected chi connectivity index (χ2v) is 6.25. The molecule has 1 aliphatic rings. The largest absolute Gasteiger partial charge is 0.385 e. The van der Waals surface area contributed by atoms with E-state index in [1.165, 1.54) is 12.8 Å². The number of thiazole rings is 1. The lowest BCUT2D eigenvalue weighted by Crippen LogP contribution is -2.17. The molecular weight excluding hydrogens is 232 g/mol. The molecule has 1 aromatic rings. The summed E-state index contributed by atoms with van der Waals surface area (Å²) < 4.78 is 0. The number of aromatic nitrogens is 1. The van der Waals surface area contributed by atoms with Gasteiger partial charge in [0.15, 0.2) is 5.13 Å². The van der Waals surface area contributed by atoms with E-state index in [2.05, 4.69) is 11.8 Å². The lowest BCUT2D eigenvalue weighted by atomic mass is 10.0. The van der Waals surface area contributed by atoms with Gasteiger partial charge in [0.05, 0.1) is 16.2 Å². The van der Waals surface area contributed by atoms with Crippen LogP contribution in [-0.2, 0) is 12.0 Å². The Labute approximate surface area is 107 Å². The Morgan fingerprint density at radius 1 is 1.35 bits per heavy atom. The van der Waals surface area contributed by atoms with Crippen LogP contribution in [0, 0.1) is 0 Å². The highest BCUT2D eigenvalue weighted by molar-refractivity contribution is 7.15. The maximum Gasteiger partial charge on any atom is 0.185 e. The van der Waals surface area contributed by atoms with Crippen molar-refractivity contribution in [2.45, 2.75) is 52.1 Å². The SMILES string of the molecule is CCCc1nc(N2CCCC2)sc1C(C)(C)O. The Bertz CT molecular complexity index is 375. The van der Waals surface area contributed by atoms with Crippen molar-refractivity contribution in [1.82, 2.24) is 4.98 Å². The van der Waals surface area contributed by atoms with E-state index in [4.69, 9.17) is 4.98 Å². The summed E-state index contributed by atoms with van der Waals surface area (Å²) in [6, 6.07) is 0. The molecule has 17 heavy (non-hydrogen) atoms. The van der Waals surface area contributed by atoms with Gasteiger partial charge in [-0.1, -0.05) is 24.7 Å². The number of aryl methyl sites for hydroxylation is 1. The van der Waals surface area contributed by atoms with Crippen molar-refractivity contribution >= 4 is 16.5 Å². The predicted molar refractivity (Wildman–Crippen MR) is 72.8 cm³/mol. The second kappa shape index (κ2) is 4.94. The molecule has 2 rings (SSSR count). The highest BCUT2D eigenvalue weighted by Crippen LogP contribution is 2.35. The minimum absolute atomic E-state index is 0.764. The Morgan fingerprint density at radius 3 is 2.53 bits per heavy atom. The molecule has 1 aliphatic heterocycles. The minimum atomic E-state index is -0.764. The first-order valence-electron chi connectivity index (χ1n) is 6.50. The first kappa shape index (κ1) is 12.8. The number of nitrogens with zero attached hydrogens (tertiary/aromatic N) is 2. The molecule has 1 N–H and O–H groups in total. The molecule has 3 nitrogen and oxygen atoms in total. The standard InChI is InChI=1S/C13H22N2OS/c1-4-7-10-11(13(2,3)16)17-12(14-10)15-8-5-6-9-15/h16H,4-9H2,1-3H3. The predicted octanol–water partition coefficient (Wildman–Crippen LogP) is 2.92. The van der Waals surface area contributed by atoms with E-state index in [1.807, 2.05) is 13.8 Å². The fourth-order valence-corrected chi connectivity index (χ4v) is 3.43. The molecule has 0 aromatic carbocycles. The van der Waals surface area contributed by atoms with Crippen LogP contribution >= 0.6 is 11.3 Å². The number of rotatable bonds is 4. The highest BCUT2D eigenvalue weighted by atomic mass is 32.1. The Kier molecular flexibility index (Phi) is 3.73. The van der Waals surface area contributed by atoms with Crippen molar-refractivity contribution in [3.05, 3.63) is 10.6 Å². The fourth-order valence-electron chi connectivity index (χ4n) is 2.27. The van der Waals surface area contributed by atoms with E-state index in [-0.39, 0.29) is 0 Å². The zero-order valence-electron chi connectivity index (χ0n) is 11.0. The highest BCUT2D eigenvalue weighted by Gasteiger charge is 2.26.